The van der Waals surface area contributed by atoms with Crippen LogP contribution in [0.25, 0.3) is 0 Å². The Labute approximate surface area is 231 Å². The SMILES string of the molecule is Cc1ncoc1COc1ccc2c(c1Br)CCN(C[C@@H](O)CNC(=O)c1ccnc(CC3CCCC3)c1)C2. The van der Waals surface area contributed by atoms with Crippen LogP contribution in [0.4, 0.5) is 0 Å². The zero-order valence-corrected chi connectivity index (χ0v) is 23.4. The molecule has 202 valence electrons. The first kappa shape index (κ1) is 26.8. The maximum Gasteiger partial charge on any atom is 0.251 e. The maximum atomic E-state index is 12.7. The maximum absolute atomic E-state index is 12.7. The van der Waals surface area contributed by atoms with Gasteiger partial charge in [0.1, 0.15) is 12.4 Å². The van der Waals surface area contributed by atoms with Crippen molar-refractivity contribution in [3.63, 3.8) is 0 Å². The van der Waals surface area contributed by atoms with Gasteiger partial charge >= 0.3 is 0 Å². The molecule has 1 aliphatic carbocycles. The summed E-state index contributed by atoms with van der Waals surface area (Å²) in [5.74, 6) is 2.01. The number of pyridine rings is 1. The van der Waals surface area contributed by atoms with Gasteiger partial charge in [-0.3, -0.25) is 14.7 Å². The molecule has 0 saturated heterocycles. The number of benzene rings is 1. The monoisotopic (exact) mass is 582 g/mol. The van der Waals surface area contributed by atoms with Gasteiger partial charge in [0.25, 0.3) is 5.91 Å². The molecule has 1 aliphatic heterocycles. The second kappa shape index (κ2) is 12.4. The molecule has 3 heterocycles. The molecule has 38 heavy (non-hydrogen) atoms. The fraction of sp³-hybridized carbons (Fsp3) is 0.483. The largest absolute Gasteiger partial charge is 0.484 e. The molecule has 2 N–H and O–H groups in total. The summed E-state index contributed by atoms with van der Waals surface area (Å²) < 4.78 is 12.3. The number of aromatic nitrogens is 2. The van der Waals surface area contributed by atoms with Crippen LogP contribution in [0.1, 0.15) is 64.3 Å². The molecular weight excluding hydrogens is 548 g/mol. The first-order valence-corrected chi connectivity index (χ1v) is 14.2. The minimum absolute atomic E-state index is 0.167. The summed E-state index contributed by atoms with van der Waals surface area (Å²) in [7, 11) is 0. The zero-order valence-electron chi connectivity index (χ0n) is 21.8. The second-order valence-corrected chi connectivity index (χ2v) is 11.2. The van der Waals surface area contributed by atoms with Crippen LogP contribution in [0.3, 0.4) is 0 Å². The highest BCUT2D eigenvalue weighted by molar-refractivity contribution is 9.10. The van der Waals surface area contributed by atoms with E-state index in [-0.39, 0.29) is 12.5 Å². The Morgan fingerprint density at radius 2 is 2.13 bits per heavy atom. The van der Waals surface area contributed by atoms with Crippen molar-refractivity contribution < 1.29 is 19.1 Å². The number of carbonyl (C=O) groups is 1. The van der Waals surface area contributed by atoms with Gasteiger partial charge in [0.05, 0.1) is 16.3 Å². The number of ether oxygens (including phenoxy) is 1. The lowest BCUT2D eigenvalue weighted by atomic mass is 9.99. The lowest BCUT2D eigenvalue weighted by Gasteiger charge is -2.31. The van der Waals surface area contributed by atoms with E-state index in [0.29, 0.717) is 24.6 Å². The van der Waals surface area contributed by atoms with E-state index in [9.17, 15) is 9.90 Å². The lowest BCUT2D eigenvalue weighted by Crippen LogP contribution is -2.42. The smallest absolute Gasteiger partial charge is 0.251 e. The van der Waals surface area contributed by atoms with Gasteiger partial charge < -0.3 is 19.6 Å². The Hall–Kier alpha value is -2.75. The first-order chi connectivity index (χ1) is 18.5. The number of aliphatic hydroxyl groups excluding tert-OH is 1. The number of aryl methyl sites for hydroxylation is 1. The number of fused-ring (bicyclic) bond motifs is 1. The van der Waals surface area contributed by atoms with Crippen molar-refractivity contribution in [1.82, 2.24) is 20.2 Å². The van der Waals surface area contributed by atoms with Crippen molar-refractivity contribution in [3.05, 3.63) is 75.2 Å². The fourth-order valence-electron chi connectivity index (χ4n) is 5.44. The van der Waals surface area contributed by atoms with Crippen LogP contribution < -0.4 is 10.1 Å². The molecule has 2 aromatic heterocycles. The zero-order chi connectivity index (χ0) is 26.5. The number of aliphatic hydroxyl groups is 1. The highest BCUT2D eigenvalue weighted by Crippen LogP contribution is 2.35. The summed E-state index contributed by atoms with van der Waals surface area (Å²) in [6.45, 7) is 4.47. The predicted octanol–water partition coefficient (Wildman–Crippen LogP) is 4.60. The quantitative estimate of drug-likeness (QED) is 0.360. The van der Waals surface area contributed by atoms with E-state index >= 15 is 0 Å². The molecule has 9 heteroatoms. The summed E-state index contributed by atoms with van der Waals surface area (Å²) in [5.41, 5.74) is 4.84. The fourth-order valence-corrected chi connectivity index (χ4v) is 6.14. The molecule has 0 unspecified atom stereocenters. The van der Waals surface area contributed by atoms with Crippen molar-refractivity contribution in [1.29, 1.82) is 0 Å². The molecular formula is C29H35BrN4O4. The highest BCUT2D eigenvalue weighted by atomic mass is 79.9. The highest BCUT2D eigenvalue weighted by Gasteiger charge is 2.23. The van der Waals surface area contributed by atoms with Crippen molar-refractivity contribution in [2.45, 2.75) is 64.7 Å². The third-order valence-corrected chi connectivity index (χ3v) is 8.47. The van der Waals surface area contributed by atoms with Crippen molar-refractivity contribution in [2.75, 3.05) is 19.6 Å². The van der Waals surface area contributed by atoms with Gasteiger partial charge in [-0.15, -0.1) is 0 Å². The number of β-amino-alcohol motifs (C(OH)–C–C–N with tert-alkyl or cyclic N) is 1. The van der Waals surface area contributed by atoms with Crippen LogP contribution in [-0.2, 0) is 26.0 Å². The molecule has 1 atom stereocenters. The number of nitrogens with zero attached hydrogens (tertiary/aromatic N) is 3. The van der Waals surface area contributed by atoms with Crippen LogP contribution in [-0.4, -0.2) is 51.6 Å². The van der Waals surface area contributed by atoms with Crippen molar-refractivity contribution in [2.24, 2.45) is 5.92 Å². The van der Waals surface area contributed by atoms with Gasteiger partial charge in [0, 0.05) is 43.6 Å². The van der Waals surface area contributed by atoms with Gasteiger partial charge in [0.15, 0.2) is 12.2 Å². The van der Waals surface area contributed by atoms with E-state index in [4.69, 9.17) is 9.15 Å². The van der Waals surface area contributed by atoms with Gasteiger partial charge in [-0.25, -0.2) is 4.98 Å². The van der Waals surface area contributed by atoms with E-state index in [0.717, 1.165) is 53.3 Å². The van der Waals surface area contributed by atoms with Crippen LogP contribution in [0.15, 0.2) is 45.7 Å². The summed E-state index contributed by atoms with van der Waals surface area (Å²) in [5, 5.41) is 13.6. The van der Waals surface area contributed by atoms with E-state index in [1.54, 1.807) is 12.3 Å². The molecule has 0 radical (unpaired) electrons. The van der Waals surface area contributed by atoms with Crippen LogP contribution in [0, 0.1) is 12.8 Å². The number of nitrogens with one attached hydrogen (secondary N) is 1. The van der Waals surface area contributed by atoms with Gasteiger partial charge in [-0.05, 0) is 70.9 Å². The molecule has 1 fully saturated rings. The number of amides is 1. The molecule has 8 nitrogen and oxygen atoms in total. The number of carbonyl (C=O) groups excluding carboxylic acids is 1. The normalized spacial score (nSPS) is 16.8. The van der Waals surface area contributed by atoms with Gasteiger partial charge in [-0.2, -0.15) is 0 Å². The Morgan fingerprint density at radius 3 is 2.92 bits per heavy atom. The Balaban J connectivity index is 1.10. The second-order valence-electron chi connectivity index (χ2n) is 10.4. The Morgan fingerprint density at radius 1 is 1.29 bits per heavy atom. The first-order valence-electron chi connectivity index (χ1n) is 13.4. The molecule has 1 aromatic carbocycles. The number of halogens is 1. The molecule has 1 saturated carbocycles. The molecule has 1 amide bonds. The standard InChI is InChI=1S/C29H35BrN4O4/c1-19-27(38-18-33-19)17-37-26-7-6-22-15-34(11-9-25(22)28(26)30)16-24(35)14-32-29(36)21-8-10-31-23(13-21)12-20-4-2-3-5-20/h6-8,10,13,18,20,24,35H,2-5,9,11-12,14-17H2,1H3,(H,32,36)/t24-/m0/s1. The third-order valence-electron chi connectivity index (χ3n) is 7.60. The Kier molecular flexibility index (Phi) is 8.76. The average Bonchev–Trinajstić information content (AvgIpc) is 3.58. The van der Waals surface area contributed by atoms with Gasteiger partial charge in [-0.1, -0.05) is 31.7 Å². The van der Waals surface area contributed by atoms with Crippen LogP contribution in [0.5, 0.6) is 5.75 Å². The van der Waals surface area contributed by atoms with Crippen molar-refractivity contribution >= 4 is 21.8 Å². The summed E-state index contributed by atoms with van der Waals surface area (Å²) in [6.07, 6.45) is 9.35. The average molecular weight is 584 g/mol. The molecule has 2 aliphatic rings. The summed E-state index contributed by atoms with van der Waals surface area (Å²) in [6, 6.07) is 7.67. The summed E-state index contributed by atoms with van der Waals surface area (Å²) in [4.78, 5) is 23.5. The number of rotatable bonds is 10. The van der Waals surface area contributed by atoms with Gasteiger partial charge in [0.2, 0.25) is 0 Å². The Bertz CT molecular complexity index is 1260. The number of hydrogen-bond donors (Lipinski definition) is 2. The molecule has 0 spiro atoms. The van der Waals surface area contributed by atoms with E-state index in [1.165, 1.54) is 43.2 Å². The molecule has 0 bridgehead atoms. The van der Waals surface area contributed by atoms with Crippen LogP contribution >= 0.6 is 15.9 Å². The predicted molar refractivity (Wildman–Crippen MR) is 147 cm³/mol. The van der Waals surface area contributed by atoms with E-state index in [2.05, 4.69) is 42.2 Å². The van der Waals surface area contributed by atoms with Crippen molar-refractivity contribution in [3.8, 4) is 5.75 Å². The summed E-state index contributed by atoms with van der Waals surface area (Å²) >= 11 is 3.72. The lowest BCUT2D eigenvalue weighted by molar-refractivity contribution is 0.0841. The van der Waals surface area contributed by atoms with E-state index in [1.807, 2.05) is 19.1 Å². The molecule has 5 rings (SSSR count). The topological polar surface area (TPSA) is 101 Å². The number of oxazole rings is 1. The number of hydrogen-bond acceptors (Lipinski definition) is 7. The van der Waals surface area contributed by atoms with E-state index < -0.39 is 6.10 Å². The molecule has 3 aromatic rings. The minimum atomic E-state index is -0.656. The van der Waals surface area contributed by atoms with Crippen LogP contribution in [0.2, 0.25) is 0 Å². The third kappa shape index (κ3) is 6.62. The minimum Gasteiger partial charge on any atom is -0.484 e.